The molecule has 1 aromatic carbocycles. The van der Waals surface area contributed by atoms with Gasteiger partial charge >= 0.3 is 0 Å². The quantitative estimate of drug-likeness (QED) is 0.750. The Bertz CT molecular complexity index is 384. The van der Waals surface area contributed by atoms with Gasteiger partial charge in [-0.2, -0.15) is 0 Å². The molecule has 1 fully saturated rings. The van der Waals surface area contributed by atoms with Crippen molar-refractivity contribution in [2.45, 2.75) is 39.3 Å². The predicted molar refractivity (Wildman–Crippen MR) is 85.2 cm³/mol. The lowest BCUT2D eigenvalue weighted by Crippen LogP contribution is -2.29. The number of nitrogens with one attached hydrogen (secondary N) is 1. The normalized spacial score (nSPS) is 14.8. The number of anilines is 1. The summed E-state index contributed by atoms with van der Waals surface area (Å²) in [5.74, 6) is 0.702. The van der Waals surface area contributed by atoms with Crippen LogP contribution < -0.4 is 10.2 Å². The molecule has 3 nitrogen and oxygen atoms in total. The zero-order chi connectivity index (χ0) is 14.4. The fourth-order valence-electron chi connectivity index (χ4n) is 2.41. The molecule has 20 heavy (non-hydrogen) atoms. The molecule has 0 bridgehead atoms. The van der Waals surface area contributed by atoms with Crippen LogP contribution in [0.2, 0.25) is 0 Å². The van der Waals surface area contributed by atoms with Gasteiger partial charge in [0, 0.05) is 31.9 Å². The first kappa shape index (κ1) is 15.3. The summed E-state index contributed by atoms with van der Waals surface area (Å²) < 4.78 is 5.22. The Labute approximate surface area is 123 Å². The summed E-state index contributed by atoms with van der Waals surface area (Å²) in [4.78, 5) is 2.48. The highest BCUT2D eigenvalue weighted by molar-refractivity contribution is 5.49. The lowest BCUT2D eigenvalue weighted by Gasteiger charge is -2.24. The molecule has 0 aromatic heterocycles. The maximum Gasteiger partial charge on any atom is 0.0637 e. The number of ether oxygens (including phenoxy) is 1. The Hall–Kier alpha value is -1.06. The molecule has 0 aliphatic heterocycles. The van der Waals surface area contributed by atoms with E-state index in [1.165, 1.54) is 24.1 Å². The molecule has 1 aromatic rings. The van der Waals surface area contributed by atoms with Gasteiger partial charge in [0.2, 0.25) is 0 Å². The summed E-state index contributed by atoms with van der Waals surface area (Å²) in [5, 5.41) is 3.49. The summed E-state index contributed by atoms with van der Waals surface area (Å²) in [5.41, 5.74) is 2.69. The highest BCUT2D eigenvalue weighted by Crippen LogP contribution is 2.31. The van der Waals surface area contributed by atoms with Crippen LogP contribution in [0.1, 0.15) is 32.3 Å². The van der Waals surface area contributed by atoms with Crippen LogP contribution in [0.25, 0.3) is 0 Å². The van der Waals surface area contributed by atoms with Crippen molar-refractivity contribution in [2.75, 3.05) is 31.7 Å². The van der Waals surface area contributed by atoms with E-state index in [-0.39, 0.29) is 0 Å². The highest BCUT2D eigenvalue weighted by Gasteiger charge is 2.28. The second-order valence-electron chi connectivity index (χ2n) is 6.11. The molecule has 0 amide bonds. The largest absolute Gasteiger partial charge is 0.383 e. The van der Waals surface area contributed by atoms with Crippen molar-refractivity contribution >= 4 is 5.69 Å². The van der Waals surface area contributed by atoms with Crippen LogP contribution in [0.3, 0.4) is 0 Å². The number of nitrogens with zero attached hydrogens (tertiary/aromatic N) is 1. The lowest BCUT2D eigenvalue weighted by atomic mass is 10.1. The average molecular weight is 276 g/mol. The first-order chi connectivity index (χ1) is 9.70. The summed E-state index contributed by atoms with van der Waals surface area (Å²) in [6.07, 6.45) is 2.64. The molecule has 0 heterocycles. The van der Waals surface area contributed by atoms with Gasteiger partial charge in [-0.15, -0.1) is 0 Å². The Morgan fingerprint density at radius 2 is 1.95 bits per heavy atom. The lowest BCUT2D eigenvalue weighted by molar-refractivity contribution is 0.205. The monoisotopic (exact) mass is 276 g/mol. The number of methoxy groups -OCH3 is 1. The molecule has 0 radical (unpaired) electrons. The minimum absolute atomic E-state index is 0.702. The molecule has 0 atom stereocenters. The van der Waals surface area contributed by atoms with Crippen molar-refractivity contribution in [2.24, 2.45) is 5.92 Å². The molecule has 3 heteroatoms. The summed E-state index contributed by atoms with van der Waals surface area (Å²) in [6, 6.07) is 9.71. The standard InChI is InChI=1S/C17H28N2O/c1-14(2)12-18-13-15-4-6-16(7-5-15)19(10-11-20-3)17-8-9-17/h4-7,14,17-18H,8-13H2,1-3H3. The molecule has 1 aliphatic carbocycles. The highest BCUT2D eigenvalue weighted by atomic mass is 16.5. The van der Waals surface area contributed by atoms with Crippen LogP contribution in [-0.4, -0.2) is 32.8 Å². The third-order valence-corrected chi connectivity index (χ3v) is 3.67. The summed E-state index contributed by atoms with van der Waals surface area (Å²) >= 11 is 0. The van der Waals surface area contributed by atoms with E-state index < -0.39 is 0 Å². The van der Waals surface area contributed by atoms with Gasteiger partial charge in [-0.3, -0.25) is 0 Å². The van der Waals surface area contributed by atoms with Crippen molar-refractivity contribution < 1.29 is 4.74 Å². The van der Waals surface area contributed by atoms with Gasteiger partial charge in [0.15, 0.2) is 0 Å². The van der Waals surface area contributed by atoms with Crippen LogP contribution in [0.5, 0.6) is 0 Å². The van der Waals surface area contributed by atoms with E-state index >= 15 is 0 Å². The van der Waals surface area contributed by atoms with Gasteiger partial charge in [-0.25, -0.2) is 0 Å². The fraction of sp³-hybridized carbons (Fsp3) is 0.647. The van der Waals surface area contributed by atoms with Crippen molar-refractivity contribution in [1.29, 1.82) is 0 Å². The molecule has 0 saturated heterocycles. The molecule has 1 N–H and O–H groups in total. The number of benzene rings is 1. The van der Waals surface area contributed by atoms with Crippen LogP contribution in [0, 0.1) is 5.92 Å². The maximum absolute atomic E-state index is 5.22. The van der Waals surface area contributed by atoms with Crippen molar-refractivity contribution in [1.82, 2.24) is 5.32 Å². The van der Waals surface area contributed by atoms with E-state index in [0.717, 1.165) is 32.3 Å². The summed E-state index contributed by atoms with van der Waals surface area (Å²) in [6.45, 7) is 8.29. The summed E-state index contributed by atoms with van der Waals surface area (Å²) in [7, 11) is 1.77. The number of hydrogen-bond acceptors (Lipinski definition) is 3. The molecular weight excluding hydrogens is 248 g/mol. The molecule has 1 aliphatic rings. The third-order valence-electron chi connectivity index (χ3n) is 3.67. The minimum atomic E-state index is 0.702. The van der Waals surface area contributed by atoms with E-state index in [4.69, 9.17) is 4.74 Å². The average Bonchev–Trinajstić information content (AvgIpc) is 3.25. The molecule has 1 saturated carbocycles. The number of hydrogen-bond donors (Lipinski definition) is 1. The van der Waals surface area contributed by atoms with Crippen LogP contribution in [0.4, 0.5) is 5.69 Å². The van der Waals surface area contributed by atoms with Gasteiger partial charge in [-0.1, -0.05) is 26.0 Å². The SMILES string of the molecule is COCCN(c1ccc(CNCC(C)C)cc1)C1CC1. The van der Waals surface area contributed by atoms with E-state index in [2.05, 4.69) is 48.3 Å². The van der Waals surface area contributed by atoms with Crippen LogP contribution in [-0.2, 0) is 11.3 Å². The zero-order valence-corrected chi connectivity index (χ0v) is 13.1. The van der Waals surface area contributed by atoms with Crippen molar-refractivity contribution in [3.63, 3.8) is 0 Å². The Balaban J connectivity index is 1.88. The Morgan fingerprint density at radius 3 is 2.50 bits per heavy atom. The number of rotatable bonds is 9. The van der Waals surface area contributed by atoms with Gasteiger partial charge < -0.3 is 15.0 Å². The van der Waals surface area contributed by atoms with E-state index in [0.29, 0.717) is 5.92 Å². The van der Waals surface area contributed by atoms with E-state index in [1.807, 2.05) is 0 Å². The Morgan fingerprint density at radius 1 is 1.25 bits per heavy atom. The minimum Gasteiger partial charge on any atom is -0.383 e. The molecule has 112 valence electrons. The predicted octanol–water partition coefficient (Wildman–Crippen LogP) is 3.05. The fourth-order valence-corrected chi connectivity index (χ4v) is 2.41. The molecule has 2 rings (SSSR count). The van der Waals surface area contributed by atoms with Crippen molar-refractivity contribution in [3.05, 3.63) is 29.8 Å². The smallest absolute Gasteiger partial charge is 0.0637 e. The molecule has 0 unspecified atom stereocenters. The second-order valence-corrected chi connectivity index (χ2v) is 6.11. The van der Waals surface area contributed by atoms with Gasteiger partial charge in [0.1, 0.15) is 0 Å². The zero-order valence-electron chi connectivity index (χ0n) is 13.1. The van der Waals surface area contributed by atoms with Crippen molar-refractivity contribution in [3.8, 4) is 0 Å². The maximum atomic E-state index is 5.22. The molecular formula is C17H28N2O. The first-order valence-electron chi connectivity index (χ1n) is 7.76. The van der Waals surface area contributed by atoms with Gasteiger partial charge in [0.05, 0.1) is 6.61 Å². The van der Waals surface area contributed by atoms with Gasteiger partial charge in [-0.05, 0) is 43.0 Å². The van der Waals surface area contributed by atoms with E-state index in [1.54, 1.807) is 7.11 Å². The second kappa shape index (κ2) is 7.65. The topological polar surface area (TPSA) is 24.5 Å². The van der Waals surface area contributed by atoms with E-state index in [9.17, 15) is 0 Å². The third kappa shape index (κ3) is 4.80. The first-order valence-corrected chi connectivity index (χ1v) is 7.76. The Kier molecular flexibility index (Phi) is 5.86. The van der Waals surface area contributed by atoms with Crippen LogP contribution in [0.15, 0.2) is 24.3 Å². The van der Waals surface area contributed by atoms with Crippen LogP contribution >= 0.6 is 0 Å². The molecule has 0 spiro atoms. The van der Waals surface area contributed by atoms with Gasteiger partial charge in [0.25, 0.3) is 0 Å².